The van der Waals surface area contributed by atoms with Crippen molar-refractivity contribution in [3.8, 4) is 11.4 Å². The van der Waals surface area contributed by atoms with Crippen LogP contribution in [0.5, 0.6) is 5.75 Å². The van der Waals surface area contributed by atoms with E-state index in [9.17, 15) is 13.2 Å². The summed E-state index contributed by atoms with van der Waals surface area (Å²) >= 11 is 0. The number of ether oxygens (including phenoxy) is 1. The molecule has 0 spiro atoms. The molecule has 0 fully saturated rings. The first-order valence-electron chi connectivity index (χ1n) is 12.0. The number of hydrogen-bond acceptors (Lipinski definition) is 8. The number of hydrogen-bond donors (Lipinski definition) is 2. The van der Waals surface area contributed by atoms with E-state index < -0.39 is 10.0 Å². The predicted molar refractivity (Wildman–Crippen MR) is 148 cm³/mol. The maximum Gasteiger partial charge on any atom is 0.255 e. The maximum absolute atomic E-state index is 13.4. The van der Waals surface area contributed by atoms with Gasteiger partial charge < -0.3 is 15.0 Å². The number of nitrogens with one attached hydrogen (secondary N) is 2. The molecule has 0 bridgehead atoms. The topological polar surface area (TPSA) is 131 Å². The third kappa shape index (κ3) is 5.80. The molecule has 1 aromatic heterocycles. The number of amides is 1. The van der Waals surface area contributed by atoms with Gasteiger partial charge in [-0.05, 0) is 47.7 Å². The molecular weight excluding hydrogens is 506 g/mol. The van der Waals surface area contributed by atoms with E-state index in [1.165, 1.54) is 7.11 Å². The van der Waals surface area contributed by atoms with Gasteiger partial charge in [0.05, 0.1) is 55.5 Å². The fraction of sp³-hybridized carbons (Fsp3) is 0.385. The molecule has 12 heteroatoms. The highest BCUT2D eigenvalue weighted by Gasteiger charge is 2.24. The van der Waals surface area contributed by atoms with Crippen molar-refractivity contribution < 1.29 is 17.9 Å². The molecule has 1 aliphatic rings. The van der Waals surface area contributed by atoms with Crippen LogP contribution in [-0.2, 0) is 15.4 Å². The van der Waals surface area contributed by atoms with Gasteiger partial charge >= 0.3 is 0 Å². The molecule has 1 aliphatic heterocycles. The minimum Gasteiger partial charge on any atom is -0.492 e. The van der Waals surface area contributed by atoms with Crippen molar-refractivity contribution in [1.29, 1.82) is 0 Å². The fourth-order valence-electron chi connectivity index (χ4n) is 4.18. The SMILES string of the molecule is COc1c(NC(=O)c2ccc(C)c(-n3cc(C4CN=CN4C)nn3)c2)cc(C(C)(C)C)cc1NS(C)(=O)=O. The molecule has 38 heavy (non-hydrogen) atoms. The largest absolute Gasteiger partial charge is 0.492 e. The van der Waals surface area contributed by atoms with E-state index in [-0.39, 0.29) is 28.8 Å². The average molecular weight is 540 g/mol. The van der Waals surface area contributed by atoms with E-state index in [2.05, 4.69) is 25.3 Å². The Labute approximate surface area is 223 Å². The number of sulfonamides is 1. The number of likely N-dealkylation sites (N-methyl/N-ethyl adjacent to an activating group) is 1. The molecular formula is C26H33N7O4S. The first-order chi connectivity index (χ1) is 17.8. The highest BCUT2D eigenvalue weighted by molar-refractivity contribution is 7.92. The molecule has 4 rings (SSSR count). The molecule has 1 amide bonds. The third-order valence-corrected chi connectivity index (χ3v) is 6.90. The first kappa shape index (κ1) is 27.1. The van der Waals surface area contributed by atoms with Crippen LogP contribution >= 0.6 is 0 Å². The van der Waals surface area contributed by atoms with Gasteiger partial charge in [-0.3, -0.25) is 14.5 Å². The van der Waals surface area contributed by atoms with Gasteiger partial charge in [-0.15, -0.1) is 5.10 Å². The van der Waals surface area contributed by atoms with Gasteiger partial charge in [0, 0.05) is 12.6 Å². The lowest BCUT2D eigenvalue weighted by Gasteiger charge is -2.24. The Hall–Kier alpha value is -3.93. The number of nitrogens with zero attached hydrogens (tertiary/aromatic N) is 5. The number of aliphatic imine (C=N–C) groups is 1. The normalized spacial score (nSPS) is 15.6. The smallest absolute Gasteiger partial charge is 0.255 e. The van der Waals surface area contributed by atoms with E-state index in [0.29, 0.717) is 23.5 Å². The lowest BCUT2D eigenvalue weighted by molar-refractivity contribution is 0.102. The second-order valence-corrected chi connectivity index (χ2v) is 12.2. The van der Waals surface area contributed by atoms with E-state index >= 15 is 0 Å². The quantitative estimate of drug-likeness (QED) is 0.470. The number of anilines is 2. The monoisotopic (exact) mass is 539 g/mol. The van der Waals surface area contributed by atoms with Crippen molar-refractivity contribution in [3.05, 3.63) is 58.9 Å². The Morgan fingerprint density at radius 2 is 1.87 bits per heavy atom. The lowest BCUT2D eigenvalue weighted by atomic mass is 9.86. The minimum absolute atomic E-state index is 0.0211. The molecule has 2 aromatic carbocycles. The van der Waals surface area contributed by atoms with Crippen molar-refractivity contribution in [2.75, 3.05) is 37.0 Å². The van der Waals surface area contributed by atoms with Gasteiger partial charge in [-0.1, -0.05) is 32.1 Å². The fourth-order valence-corrected chi connectivity index (χ4v) is 4.73. The summed E-state index contributed by atoms with van der Waals surface area (Å²) in [6.07, 6.45) is 4.69. The third-order valence-electron chi connectivity index (χ3n) is 6.31. The lowest BCUT2D eigenvalue weighted by Crippen LogP contribution is -2.19. The predicted octanol–water partition coefficient (Wildman–Crippen LogP) is 3.52. The zero-order valence-corrected chi connectivity index (χ0v) is 23.4. The van der Waals surface area contributed by atoms with Gasteiger partial charge in [0.25, 0.3) is 5.91 Å². The summed E-state index contributed by atoms with van der Waals surface area (Å²) in [5, 5.41) is 11.5. The van der Waals surface area contributed by atoms with Crippen molar-refractivity contribution >= 4 is 33.6 Å². The van der Waals surface area contributed by atoms with Crippen LogP contribution in [0.15, 0.2) is 41.5 Å². The van der Waals surface area contributed by atoms with E-state index in [1.807, 2.05) is 51.9 Å². The Morgan fingerprint density at radius 3 is 2.47 bits per heavy atom. The Kier molecular flexibility index (Phi) is 7.20. The second kappa shape index (κ2) is 10.1. The minimum atomic E-state index is -3.59. The summed E-state index contributed by atoms with van der Waals surface area (Å²) in [5.74, 6) is -0.168. The standard InChI is InChI=1S/C26H33N7O4S/c1-16-8-9-17(10-22(16)33-14-21(29-31-33)23-13-27-15-32(23)5)25(34)28-19-11-18(26(2,3)4)12-20(24(19)37-6)30-38(7,35)36/h8-12,14-15,23,30H,13H2,1-7H3,(H,28,34). The van der Waals surface area contributed by atoms with Crippen molar-refractivity contribution in [2.45, 2.75) is 39.2 Å². The molecule has 1 atom stereocenters. The Bertz CT molecular complexity index is 1510. The molecule has 11 nitrogen and oxygen atoms in total. The van der Waals surface area contributed by atoms with Gasteiger partial charge in [-0.25, -0.2) is 13.1 Å². The Morgan fingerprint density at radius 1 is 1.16 bits per heavy atom. The van der Waals surface area contributed by atoms with Crippen LogP contribution in [0.2, 0.25) is 0 Å². The highest BCUT2D eigenvalue weighted by Crippen LogP contribution is 2.39. The summed E-state index contributed by atoms with van der Waals surface area (Å²) < 4.78 is 33.7. The van der Waals surface area contributed by atoms with Gasteiger partial charge in [0.15, 0.2) is 5.75 Å². The van der Waals surface area contributed by atoms with Gasteiger partial charge in [0.2, 0.25) is 10.0 Å². The number of carbonyl (C=O) groups is 1. The number of rotatable bonds is 7. The average Bonchev–Trinajstić information content (AvgIpc) is 3.46. The van der Waals surface area contributed by atoms with Crippen molar-refractivity contribution in [3.63, 3.8) is 0 Å². The number of methoxy groups -OCH3 is 1. The summed E-state index contributed by atoms with van der Waals surface area (Å²) in [7, 11) is -0.222. The molecule has 202 valence electrons. The molecule has 3 aromatic rings. The first-order valence-corrected chi connectivity index (χ1v) is 13.9. The second-order valence-electron chi connectivity index (χ2n) is 10.4. The van der Waals surface area contributed by atoms with Crippen LogP contribution in [0.4, 0.5) is 11.4 Å². The van der Waals surface area contributed by atoms with Crippen LogP contribution in [-0.4, -0.2) is 67.5 Å². The number of aryl methyl sites for hydroxylation is 1. The highest BCUT2D eigenvalue weighted by atomic mass is 32.2. The molecule has 0 saturated heterocycles. The van der Waals surface area contributed by atoms with Crippen LogP contribution in [0.1, 0.15) is 54.0 Å². The van der Waals surface area contributed by atoms with Gasteiger partial charge in [-0.2, -0.15) is 0 Å². The van der Waals surface area contributed by atoms with E-state index in [4.69, 9.17) is 4.74 Å². The van der Waals surface area contributed by atoms with E-state index in [1.54, 1.807) is 35.3 Å². The van der Waals surface area contributed by atoms with Crippen LogP contribution < -0.4 is 14.8 Å². The number of aromatic nitrogens is 3. The number of benzene rings is 2. The van der Waals surface area contributed by atoms with Crippen molar-refractivity contribution in [1.82, 2.24) is 19.9 Å². The van der Waals surface area contributed by atoms with Crippen LogP contribution in [0, 0.1) is 6.92 Å². The molecule has 1 unspecified atom stereocenters. The zero-order chi connectivity index (χ0) is 27.8. The molecule has 0 saturated carbocycles. The van der Waals surface area contributed by atoms with Crippen LogP contribution in [0.3, 0.4) is 0 Å². The molecule has 2 N–H and O–H groups in total. The summed E-state index contributed by atoms with van der Waals surface area (Å²) in [6.45, 7) is 8.54. The van der Waals surface area contributed by atoms with Crippen molar-refractivity contribution in [2.24, 2.45) is 4.99 Å². The summed E-state index contributed by atoms with van der Waals surface area (Å²) in [6, 6.07) is 8.84. The maximum atomic E-state index is 13.4. The molecule has 0 aliphatic carbocycles. The zero-order valence-electron chi connectivity index (χ0n) is 22.6. The summed E-state index contributed by atoms with van der Waals surface area (Å²) in [5.41, 5.74) is 3.91. The number of carbonyl (C=O) groups excluding carboxylic acids is 1. The van der Waals surface area contributed by atoms with E-state index in [0.717, 1.165) is 23.1 Å². The van der Waals surface area contributed by atoms with Gasteiger partial charge in [0.1, 0.15) is 5.69 Å². The molecule has 0 radical (unpaired) electrons. The summed E-state index contributed by atoms with van der Waals surface area (Å²) in [4.78, 5) is 19.7. The molecule has 2 heterocycles. The Balaban J connectivity index is 1.68. The van der Waals surface area contributed by atoms with Crippen LogP contribution in [0.25, 0.3) is 5.69 Å².